The first-order chi connectivity index (χ1) is 11.9. The quantitative estimate of drug-likeness (QED) is 0.332. The summed E-state index contributed by atoms with van der Waals surface area (Å²) in [6.07, 6.45) is 4.33. The molecule has 0 aliphatic heterocycles. The Morgan fingerprint density at radius 2 is 1.00 bits per heavy atom. The SMILES string of the molecule is C=CCC[CH2][Ge]([c]1ccccc1)([c]1ccccc1)[c]1ccccc1. The van der Waals surface area contributed by atoms with Crippen LogP contribution in [-0.4, -0.2) is 13.3 Å². The third-order valence-corrected chi connectivity index (χ3v) is 15.4. The molecule has 0 aliphatic rings. The number of rotatable bonds is 7. The zero-order valence-electron chi connectivity index (χ0n) is 14.1. The van der Waals surface area contributed by atoms with Crippen molar-refractivity contribution < 1.29 is 0 Å². The van der Waals surface area contributed by atoms with E-state index >= 15 is 0 Å². The molecular weight excluding hydrogens is 349 g/mol. The Hall–Kier alpha value is -2.06. The number of hydrogen-bond donors (Lipinski definition) is 0. The Bertz CT molecular complexity index is 651. The number of allylic oxidation sites excluding steroid dienone is 1. The molecule has 0 amide bonds. The van der Waals surface area contributed by atoms with Gasteiger partial charge in [-0.25, -0.2) is 0 Å². The third-order valence-electron chi connectivity index (χ3n) is 4.76. The normalized spacial score (nSPS) is 11.2. The van der Waals surface area contributed by atoms with Gasteiger partial charge in [-0.15, -0.1) is 0 Å². The van der Waals surface area contributed by atoms with Gasteiger partial charge < -0.3 is 0 Å². The van der Waals surface area contributed by atoms with E-state index in [2.05, 4.69) is 97.6 Å². The molecule has 0 nitrogen and oxygen atoms in total. The summed E-state index contributed by atoms with van der Waals surface area (Å²) in [4.78, 5) is 0. The Kier molecular flexibility index (Phi) is 5.71. The zero-order chi connectivity index (χ0) is 16.7. The van der Waals surface area contributed by atoms with Gasteiger partial charge >= 0.3 is 148 Å². The Morgan fingerprint density at radius 1 is 0.625 bits per heavy atom. The minimum atomic E-state index is -2.67. The van der Waals surface area contributed by atoms with Crippen molar-refractivity contribution in [1.29, 1.82) is 0 Å². The molecule has 120 valence electrons. The second-order valence-corrected chi connectivity index (χ2v) is 14.7. The fourth-order valence-electron chi connectivity index (χ4n) is 3.61. The van der Waals surface area contributed by atoms with Crippen LogP contribution in [0, 0.1) is 0 Å². The summed E-state index contributed by atoms with van der Waals surface area (Å²) in [7, 11) is 0. The van der Waals surface area contributed by atoms with Crippen LogP contribution in [0.15, 0.2) is 104 Å². The molecule has 24 heavy (non-hydrogen) atoms. The van der Waals surface area contributed by atoms with Crippen LogP contribution in [0.3, 0.4) is 0 Å². The average Bonchev–Trinajstić information content (AvgIpc) is 2.68. The van der Waals surface area contributed by atoms with Crippen molar-refractivity contribution >= 4 is 26.5 Å². The van der Waals surface area contributed by atoms with Gasteiger partial charge in [0.1, 0.15) is 0 Å². The van der Waals surface area contributed by atoms with Crippen molar-refractivity contribution in [2.75, 3.05) is 0 Å². The standard InChI is InChI=1S/C23H24Ge/c1-2-3-13-20-24(21-14-7-4-8-15-21,22-16-9-5-10-17-22)23-18-11-6-12-19-23/h2,4-12,14-19H,1,3,13,20H2. The van der Waals surface area contributed by atoms with Gasteiger partial charge in [-0.3, -0.25) is 0 Å². The minimum absolute atomic E-state index is 1.08. The third kappa shape index (κ3) is 3.39. The molecule has 0 heterocycles. The van der Waals surface area contributed by atoms with Crippen LogP contribution in [-0.2, 0) is 0 Å². The number of hydrogen-bond acceptors (Lipinski definition) is 0. The van der Waals surface area contributed by atoms with E-state index in [0.29, 0.717) is 0 Å². The molecule has 3 aromatic carbocycles. The van der Waals surface area contributed by atoms with Crippen LogP contribution in [0.5, 0.6) is 0 Å². The van der Waals surface area contributed by atoms with Gasteiger partial charge in [-0.1, -0.05) is 0 Å². The van der Waals surface area contributed by atoms with E-state index in [0.717, 1.165) is 6.42 Å². The van der Waals surface area contributed by atoms with Crippen molar-refractivity contribution in [2.45, 2.75) is 18.1 Å². The summed E-state index contributed by atoms with van der Waals surface area (Å²) in [5, 5.41) is 1.25. The molecule has 0 bridgehead atoms. The second kappa shape index (κ2) is 8.16. The summed E-state index contributed by atoms with van der Waals surface area (Å²) in [5.41, 5.74) is 0. The summed E-state index contributed by atoms with van der Waals surface area (Å²) in [5.74, 6) is 0. The van der Waals surface area contributed by atoms with Crippen LogP contribution in [0.25, 0.3) is 0 Å². The van der Waals surface area contributed by atoms with Crippen LogP contribution in [0.1, 0.15) is 12.8 Å². The van der Waals surface area contributed by atoms with E-state index in [4.69, 9.17) is 0 Å². The average molecular weight is 373 g/mol. The van der Waals surface area contributed by atoms with E-state index in [9.17, 15) is 0 Å². The van der Waals surface area contributed by atoms with Crippen molar-refractivity contribution in [3.63, 3.8) is 0 Å². The van der Waals surface area contributed by atoms with Crippen molar-refractivity contribution in [2.24, 2.45) is 0 Å². The van der Waals surface area contributed by atoms with E-state index in [-0.39, 0.29) is 0 Å². The number of unbranched alkanes of at least 4 members (excludes halogenated alkanes) is 1. The van der Waals surface area contributed by atoms with E-state index in [1.807, 2.05) is 6.08 Å². The van der Waals surface area contributed by atoms with E-state index in [1.54, 1.807) is 13.2 Å². The summed E-state index contributed by atoms with van der Waals surface area (Å²) in [6, 6.07) is 33.5. The predicted octanol–water partition coefficient (Wildman–Crippen LogP) is 4.12. The molecule has 0 fully saturated rings. The molecule has 0 radical (unpaired) electrons. The van der Waals surface area contributed by atoms with E-state index in [1.165, 1.54) is 11.7 Å². The summed E-state index contributed by atoms with van der Waals surface area (Å²) in [6.45, 7) is 3.92. The van der Waals surface area contributed by atoms with Gasteiger partial charge in [0, 0.05) is 0 Å². The fourth-order valence-corrected chi connectivity index (χ4v) is 13.9. The van der Waals surface area contributed by atoms with Crippen molar-refractivity contribution in [3.05, 3.63) is 104 Å². The molecule has 0 atom stereocenters. The van der Waals surface area contributed by atoms with Gasteiger partial charge in [0.05, 0.1) is 0 Å². The Balaban J connectivity index is 2.22. The molecule has 0 unspecified atom stereocenters. The molecule has 0 saturated heterocycles. The molecule has 1 heteroatoms. The zero-order valence-corrected chi connectivity index (χ0v) is 16.2. The van der Waals surface area contributed by atoms with Gasteiger partial charge in [-0.05, 0) is 0 Å². The molecular formula is C23H24Ge. The Labute approximate surface area is 148 Å². The maximum atomic E-state index is 3.92. The van der Waals surface area contributed by atoms with Crippen LogP contribution >= 0.6 is 0 Å². The summed E-state index contributed by atoms with van der Waals surface area (Å²) < 4.78 is 4.62. The van der Waals surface area contributed by atoms with Gasteiger partial charge in [0.15, 0.2) is 0 Å². The molecule has 3 rings (SSSR count). The van der Waals surface area contributed by atoms with Gasteiger partial charge in [-0.2, -0.15) is 0 Å². The molecule has 0 N–H and O–H groups in total. The molecule has 0 aliphatic carbocycles. The first kappa shape index (κ1) is 16.8. The molecule has 0 saturated carbocycles. The van der Waals surface area contributed by atoms with Gasteiger partial charge in [0.2, 0.25) is 0 Å². The molecule has 0 aromatic heterocycles. The maximum absolute atomic E-state index is 3.92. The van der Waals surface area contributed by atoms with Crippen molar-refractivity contribution in [3.8, 4) is 0 Å². The summed E-state index contributed by atoms with van der Waals surface area (Å²) >= 11 is -2.67. The second-order valence-electron chi connectivity index (χ2n) is 6.18. The van der Waals surface area contributed by atoms with Crippen molar-refractivity contribution in [1.82, 2.24) is 0 Å². The van der Waals surface area contributed by atoms with Crippen LogP contribution in [0.4, 0.5) is 0 Å². The van der Waals surface area contributed by atoms with Gasteiger partial charge in [0.25, 0.3) is 0 Å². The first-order valence-corrected chi connectivity index (χ1v) is 13.3. The fraction of sp³-hybridized carbons (Fsp3) is 0.130. The topological polar surface area (TPSA) is 0 Å². The Morgan fingerprint density at radius 3 is 1.33 bits per heavy atom. The molecule has 0 spiro atoms. The first-order valence-electron chi connectivity index (χ1n) is 8.65. The van der Waals surface area contributed by atoms with Crippen LogP contribution in [0.2, 0.25) is 5.25 Å². The van der Waals surface area contributed by atoms with E-state index < -0.39 is 13.3 Å². The monoisotopic (exact) mass is 374 g/mol. The predicted molar refractivity (Wildman–Crippen MR) is 108 cm³/mol. The molecule has 3 aromatic rings. The number of benzene rings is 3. The van der Waals surface area contributed by atoms with Crippen LogP contribution < -0.4 is 13.2 Å².